The van der Waals surface area contributed by atoms with Crippen molar-refractivity contribution in [3.63, 3.8) is 0 Å². The number of nitrogens with one attached hydrogen (secondary N) is 1. The van der Waals surface area contributed by atoms with Gasteiger partial charge in [-0.05, 0) is 28.0 Å². The summed E-state index contributed by atoms with van der Waals surface area (Å²) in [5.41, 5.74) is 7.75. The molecule has 24 heavy (non-hydrogen) atoms. The number of ether oxygens (including phenoxy) is 1. The highest BCUT2D eigenvalue weighted by Crippen LogP contribution is 2.20. The lowest BCUT2D eigenvalue weighted by Crippen LogP contribution is -2.33. The molecule has 0 aliphatic heterocycles. The third kappa shape index (κ3) is 3.91. The summed E-state index contributed by atoms with van der Waals surface area (Å²) in [5, 5.41) is 5.11. The highest BCUT2D eigenvalue weighted by atomic mass is 16.5. The minimum atomic E-state index is -0.470. The number of hydrogen-bond acceptors (Lipinski definition) is 3. The molecule has 0 bridgehead atoms. The molecule has 0 aliphatic carbocycles. The van der Waals surface area contributed by atoms with Gasteiger partial charge < -0.3 is 15.8 Å². The van der Waals surface area contributed by atoms with E-state index in [1.165, 1.54) is 0 Å². The molecule has 0 saturated carbocycles. The van der Waals surface area contributed by atoms with Crippen molar-refractivity contribution in [2.24, 2.45) is 5.73 Å². The van der Waals surface area contributed by atoms with Gasteiger partial charge in [0, 0.05) is 6.54 Å². The first-order chi connectivity index (χ1) is 11.8. The third-order valence-corrected chi connectivity index (χ3v) is 3.92. The molecule has 4 heteroatoms. The summed E-state index contributed by atoms with van der Waals surface area (Å²) in [6.45, 7) is 0.542. The predicted molar refractivity (Wildman–Crippen MR) is 95.5 cm³/mol. The van der Waals surface area contributed by atoms with Crippen molar-refractivity contribution in [2.75, 3.05) is 6.54 Å². The highest BCUT2D eigenvalue weighted by molar-refractivity contribution is 5.83. The van der Waals surface area contributed by atoms with Gasteiger partial charge in [0.2, 0.25) is 0 Å². The topological polar surface area (TPSA) is 64.3 Å². The van der Waals surface area contributed by atoms with Crippen molar-refractivity contribution in [3.05, 3.63) is 83.9 Å². The molecule has 0 saturated heterocycles. The molecule has 3 aromatic rings. The largest absolute Gasteiger partial charge is 0.445 e. The van der Waals surface area contributed by atoms with Crippen LogP contribution in [0.15, 0.2) is 72.8 Å². The zero-order valence-corrected chi connectivity index (χ0v) is 13.3. The van der Waals surface area contributed by atoms with Crippen molar-refractivity contribution in [1.29, 1.82) is 0 Å². The number of nitrogens with two attached hydrogens (primary N) is 1. The summed E-state index contributed by atoms with van der Waals surface area (Å²) in [6.07, 6.45) is -0.470. The number of alkyl carbamates (subject to hydrolysis) is 1. The number of rotatable bonds is 5. The second kappa shape index (κ2) is 7.62. The van der Waals surface area contributed by atoms with Crippen LogP contribution < -0.4 is 11.1 Å². The molecule has 1 atom stereocenters. The van der Waals surface area contributed by atoms with Gasteiger partial charge in [-0.25, -0.2) is 4.79 Å². The van der Waals surface area contributed by atoms with Gasteiger partial charge in [-0.3, -0.25) is 0 Å². The van der Waals surface area contributed by atoms with Gasteiger partial charge >= 0.3 is 6.09 Å². The van der Waals surface area contributed by atoms with E-state index in [9.17, 15) is 4.79 Å². The number of hydrogen-bond donors (Lipinski definition) is 2. The summed E-state index contributed by atoms with van der Waals surface area (Å²) >= 11 is 0. The Kier molecular flexibility index (Phi) is 5.08. The molecule has 0 radical (unpaired) electrons. The number of carbonyl (C=O) groups excluding carboxylic acids is 1. The zero-order chi connectivity index (χ0) is 16.8. The Balaban J connectivity index is 1.65. The first-order valence-corrected chi connectivity index (χ1v) is 7.92. The Morgan fingerprint density at radius 3 is 2.42 bits per heavy atom. The van der Waals surface area contributed by atoms with E-state index in [1.807, 2.05) is 66.7 Å². The standard InChI is InChI=1S/C20H20N2O2/c21-13-19(18-11-10-16-8-4-5-9-17(16)12-18)22-20(23)24-14-15-6-2-1-3-7-15/h1-12,19H,13-14,21H2,(H,22,23)/t19-/m0/s1. The van der Waals surface area contributed by atoms with Gasteiger partial charge in [0.25, 0.3) is 0 Å². The molecule has 122 valence electrons. The van der Waals surface area contributed by atoms with E-state index < -0.39 is 6.09 Å². The first-order valence-electron chi connectivity index (χ1n) is 7.92. The van der Waals surface area contributed by atoms with Crippen LogP contribution in [0, 0.1) is 0 Å². The Bertz CT molecular complexity index is 818. The lowest BCUT2D eigenvalue weighted by atomic mass is 10.0. The van der Waals surface area contributed by atoms with E-state index in [1.54, 1.807) is 0 Å². The fourth-order valence-electron chi connectivity index (χ4n) is 2.61. The molecule has 3 rings (SSSR count). The summed E-state index contributed by atoms with van der Waals surface area (Å²) in [4.78, 5) is 12.0. The molecular weight excluding hydrogens is 300 g/mol. The van der Waals surface area contributed by atoms with Crippen molar-refractivity contribution >= 4 is 16.9 Å². The summed E-state index contributed by atoms with van der Waals surface area (Å²) in [6, 6.07) is 23.4. The van der Waals surface area contributed by atoms with Crippen LogP contribution in [0.25, 0.3) is 10.8 Å². The van der Waals surface area contributed by atoms with Crippen molar-refractivity contribution in [1.82, 2.24) is 5.32 Å². The molecule has 0 fully saturated rings. The van der Waals surface area contributed by atoms with Crippen LogP contribution in [-0.2, 0) is 11.3 Å². The van der Waals surface area contributed by atoms with E-state index in [4.69, 9.17) is 10.5 Å². The van der Waals surface area contributed by atoms with E-state index >= 15 is 0 Å². The van der Waals surface area contributed by atoms with Crippen LogP contribution in [0.4, 0.5) is 4.79 Å². The normalized spacial score (nSPS) is 11.9. The Morgan fingerprint density at radius 1 is 0.958 bits per heavy atom. The fraction of sp³-hybridized carbons (Fsp3) is 0.150. The van der Waals surface area contributed by atoms with Gasteiger partial charge in [0.05, 0.1) is 6.04 Å². The van der Waals surface area contributed by atoms with Gasteiger partial charge in [-0.1, -0.05) is 66.7 Å². The molecule has 0 unspecified atom stereocenters. The van der Waals surface area contributed by atoms with Gasteiger partial charge in [0.1, 0.15) is 6.61 Å². The van der Waals surface area contributed by atoms with Crippen LogP contribution >= 0.6 is 0 Å². The van der Waals surface area contributed by atoms with E-state index in [2.05, 4.69) is 11.4 Å². The molecular formula is C20H20N2O2. The Morgan fingerprint density at radius 2 is 1.67 bits per heavy atom. The van der Waals surface area contributed by atoms with Crippen molar-refractivity contribution < 1.29 is 9.53 Å². The summed E-state index contributed by atoms with van der Waals surface area (Å²) in [7, 11) is 0. The maximum Gasteiger partial charge on any atom is 0.407 e. The molecule has 4 nitrogen and oxygen atoms in total. The first kappa shape index (κ1) is 16.0. The summed E-state index contributed by atoms with van der Waals surface area (Å²) in [5.74, 6) is 0. The molecule has 1 amide bonds. The zero-order valence-electron chi connectivity index (χ0n) is 13.3. The fourth-order valence-corrected chi connectivity index (χ4v) is 2.61. The van der Waals surface area contributed by atoms with Crippen LogP contribution in [0.1, 0.15) is 17.2 Å². The molecule has 3 N–H and O–H groups in total. The Labute approximate surface area is 141 Å². The highest BCUT2D eigenvalue weighted by Gasteiger charge is 2.14. The van der Waals surface area contributed by atoms with E-state index in [-0.39, 0.29) is 12.6 Å². The monoisotopic (exact) mass is 320 g/mol. The minimum absolute atomic E-state index is 0.238. The van der Waals surface area contributed by atoms with Crippen LogP contribution in [0.2, 0.25) is 0 Å². The number of amides is 1. The maximum absolute atomic E-state index is 12.0. The van der Waals surface area contributed by atoms with Crippen molar-refractivity contribution in [2.45, 2.75) is 12.6 Å². The molecule has 3 aromatic carbocycles. The lowest BCUT2D eigenvalue weighted by Gasteiger charge is -2.18. The van der Waals surface area contributed by atoms with E-state index in [0.717, 1.165) is 21.9 Å². The van der Waals surface area contributed by atoms with Gasteiger partial charge in [0.15, 0.2) is 0 Å². The molecule has 0 heterocycles. The van der Waals surface area contributed by atoms with Crippen LogP contribution in [-0.4, -0.2) is 12.6 Å². The number of fused-ring (bicyclic) bond motifs is 1. The predicted octanol–water partition coefficient (Wildman–Crippen LogP) is 3.77. The van der Waals surface area contributed by atoms with Crippen molar-refractivity contribution in [3.8, 4) is 0 Å². The van der Waals surface area contributed by atoms with Crippen LogP contribution in [0.3, 0.4) is 0 Å². The molecule has 0 aromatic heterocycles. The van der Waals surface area contributed by atoms with Crippen LogP contribution in [0.5, 0.6) is 0 Å². The maximum atomic E-state index is 12.0. The molecule has 0 spiro atoms. The Hall–Kier alpha value is -2.85. The number of benzene rings is 3. The summed E-state index contributed by atoms with van der Waals surface area (Å²) < 4.78 is 5.26. The minimum Gasteiger partial charge on any atom is -0.445 e. The lowest BCUT2D eigenvalue weighted by molar-refractivity contribution is 0.136. The second-order valence-corrected chi connectivity index (χ2v) is 5.60. The SMILES string of the molecule is NC[C@H](NC(=O)OCc1ccccc1)c1ccc2ccccc2c1. The van der Waals surface area contributed by atoms with E-state index in [0.29, 0.717) is 6.54 Å². The van der Waals surface area contributed by atoms with Gasteiger partial charge in [-0.2, -0.15) is 0 Å². The second-order valence-electron chi connectivity index (χ2n) is 5.60. The average Bonchev–Trinajstić information content (AvgIpc) is 2.65. The third-order valence-electron chi connectivity index (χ3n) is 3.92. The smallest absolute Gasteiger partial charge is 0.407 e. The number of carbonyl (C=O) groups is 1. The molecule has 0 aliphatic rings. The average molecular weight is 320 g/mol. The van der Waals surface area contributed by atoms with Gasteiger partial charge in [-0.15, -0.1) is 0 Å². The quantitative estimate of drug-likeness (QED) is 0.752.